The molecule has 0 fully saturated rings. The summed E-state index contributed by atoms with van der Waals surface area (Å²) < 4.78 is 1.73. The average molecular weight is 369 g/mol. The Bertz CT molecular complexity index is 360. The zero-order chi connectivity index (χ0) is 12.1. The van der Waals surface area contributed by atoms with Crippen LogP contribution in [0.1, 0.15) is 23.7 Å². The molecule has 1 N–H and O–H groups in total. The van der Waals surface area contributed by atoms with E-state index in [9.17, 15) is 4.79 Å². The van der Waals surface area contributed by atoms with Crippen LogP contribution in [0.25, 0.3) is 0 Å². The summed E-state index contributed by atoms with van der Waals surface area (Å²) in [5.41, 5.74) is 0.616. The number of benzene rings is 1. The molecular formula is C11H12Br2ClNO. The van der Waals surface area contributed by atoms with E-state index in [1.54, 1.807) is 12.1 Å². The summed E-state index contributed by atoms with van der Waals surface area (Å²) in [6, 6.07) is 5.46. The van der Waals surface area contributed by atoms with Gasteiger partial charge in [-0.05, 0) is 24.6 Å². The number of hydrogen-bond acceptors (Lipinski definition) is 1. The molecule has 0 bridgehead atoms. The Morgan fingerprint density at radius 1 is 1.38 bits per heavy atom. The number of rotatable bonds is 4. The Kier molecular flexibility index (Phi) is 5.79. The molecule has 1 aromatic rings. The molecule has 0 heterocycles. The second-order valence-corrected chi connectivity index (χ2v) is 5.53. The lowest BCUT2D eigenvalue weighted by atomic mass is 10.2. The minimum Gasteiger partial charge on any atom is -0.348 e. The number of amides is 1. The monoisotopic (exact) mass is 367 g/mol. The Morgan fingerprint density at radius 2 is 1.94 bits per heavy atom. The first-order valence-electron chi connectivity index (χ1n) is 4.89. The fourth-order valence-corrected chi connectivity index (χ4v) is 2.79. The van der Waals surface area contributed by atoms with E-state index in [1.807, 2.05) is 13.0 Å². The molecule has 0 aliphatic heterocycles. The molecule has 0 radical (unpaired) electrons. The van der Waals surface area contributed by atoms with Crippen LogP contribution in [0.4, 0.5) is 0 Å². The molecule has 1 aromatic carbocycles. The van der Waals surface area contributed by atoms with Gasteiger partial charge in [0.05, 0.1) is 0 Å². The SMILES string of the molecule is CCC(CCl)NC(=O)c1cc(Br)cc(Br)c1. The number of halogens is 3. The van der Waals surface area contributed by atoms with Gasteiger partial charge in [0.25, 0.3) is 5.91 Å². The van der Waals surface area contributed by atoms with Gasteiger partial charge in [0.15, 0.2) is 0 Å². The molecule has 0 aromatic heterocycles. The van der Waals surface area contributed by atoms with Crippen molar-refractivity contribution in [2.75, 3.05) is 5.88 Å². The van der Waals surface area contributed by atoms with Crippen molar-refractivity contribution in [1.82, 2.24) is 5.32 Å². The van der Waals surface area contributed by atoms with Crippen molar-refractivity contribution in [2.45, 2.75) is 19.4 Å². The topological polar surface area (TPSA) is 29.1 Å². The second-order valence-electron chi connectivity index (χ2n) is 3.39. The third kappa shape index (κ3) is 4.07. The number of carbonyl (C=O) groups excluding carboxylic acids is 1. The zero-order valence-corrected chi connectivity index (χ0v) is 12.7. The fraction of sp³-hybridized carbons (Fsp3) is 0.364. The summed E-state index contributed by atoms with van der Waals surface area (Å²) in [7, 11) is 0. The number of nitrogens with one attached hydrogen (secondary N) is 1. The highest BCUT2D eigenvalue weighted by molar-refractivity contribution is 9.11. The van der Waals surface area contributed by atoms with E-state index in [0.29, 0.717) is 11.4 Å². The summed E-state index contributed by atoms with van der Waals surface area (Å²) >= 11 is 12.4. The van der Waals surface area contributed by atoms with Gasteiger partial charge in [-0.3, -0.25) is 4.79 Å². The van der Waals surface area contributed by atoms with E-state index in [4.69, 9.17) is 11.6 Å². The summed E-state index contributed by atoms with van der Waals surface area (Å²) in [5.74, 6) is 0.326. The van der Waals surface area contributed by atoms with Crippen molar-refractivity contribution in [3.8, 4) is 0 Å². The van der Waals surface area contributed by atoms with E-state index in [0.717, 1.165) is 15.4 Å². The van der Waals surface area contributed by atoms with Gasteiger partial charge < -0.3 is 5.32 Å². The molecule has 0 aliphatic carbocycles. The van der Waals surface area contributed by atoms with Crippen molar-refractivity contribution in [3.63, 3.8) is 0 Å². The van der Waals surface area contributed by atoms with Crippen molar-refractivity contribution in [2.24, 2.45) is 0 Å². The zero-order valence-electron chi connectivity index (χ0n) is 8.77. The van der Waals surface area contributed by atoms with E-state index in [2.05, 4.69) is 37.2 Å². The van der Waals surface area contributed by atoms with Gasteiger partial charge in [-0.25, -0.2) is 0 Å². The van der Waals surface area contributed by atoms with Gasteiger partial charge in [-0.1, -0.05) is 38.8 Å². The van der Waals surface area contributed by atoms with Crippen LogP contribution < -0.4 is 5.32 Å². The molecule has 1 atom stereocenters. The molecule has 5 heteroatoms. The molecule has 0 aliphatic rings. The van der Waals surface area contributed by atoms with Crippen LogP contribution in [-0.2, 0) is 0 Å². The summed E-state index contributed by atoms with van der Waals surface area (Å²) in [6.07, 6.45) is 0.824. The molecule has 1 unspecified atom stereocenters. The maximum absolute atomic E-state index is 11.9. The third-order valence-corrected chi connectivity index (χ3v) is 3.43. The van der Waals surface area contributed by atoms with Gasteiger partial charge >= 0.3 is 0 Å². The number of alkyl halides is 1. The summed E-state index contributed by atoms with van der Waals surface area (Å²) in [6.45, 7) is 1.99. The Labute approximate surface area is 117 Å². The van der Waals surface area contributed by atoms with Gasteiger partial charge in [0, 0.05) is 26.4 Å². The van der Waals surface area contributed by atoms with Crippen LogP contribution in [0.3, 0.4) is 0 Å². The first-order valence-corrected chi connectivity index (χ1v) is 7.01. The van der Waals surface area contributed by atoms with Gasteiger partial charge in [-0.2, -0.15) is 0 Å². The van der Waals surface area contributed by atoms with E-state index in [1.165, 1.54) is 0 Å². The van der Waals surface area contributed by atoms with Gasteiger partial charge in [0.2, 0.25) is 0 Å². The predicted molar refractivity (Wildman–Crippen MR) is 74.1 cm³/mol. The Hall–Kier alpha value is -0.0600. The molecule has 0 saturated heterocycles. The first kappa shape index (κ1) is 14.0. The molecule has 2 nitrogen and oxygen atoms in total. The molecule has 88 valence electrons. The van der Waals surface area contributed by atoms with Crippen LogP contribution >= 0.6 is 43.5 Å². The maximum atomic E-state index is 11.9. The maximum Gasteiger partial charge on any atom is 0.251 e. The highest BCUT2D eigenvalue weighted by atomic mass is 79.9. The van der Waals surface area contributed by atoms with E-state index in [-0.39, 0.29) is 11.9 Å². The van der Waals surface area contributed by atoms with Crippen LogP contribution in [0.5, 0.6) is 0 Å². The highest BCUT2D eigenvalue weighted by Gasteiger charge is 2.12. The standard InChI is InChI=1S/C11H12Br2ClNO/c1-2-10(6-14)15-11(16)7-3-8(12)5-9(13)4-7/h3-5,10H,2,6H2,1H3,(H,15,16). The Morgan fingerprint density at radius 3 is 2.38 bits per heavy atom. The Balaban J connectivity index is 2.80. The normalized spacial score (nSPS) is 12.2. The van der Waals surface area contributed by atoms with Crippen LogP contribution in [0.15, 0.2) is 27.1 Å². The van der Waals surface area contributed by atoms with Crippen LogP contribution in [-0.4, -0.2) is 17.8 Å². The van der Waals surface area contributed by atoms with Crippen LogP contribution in [0, 0.1) is 0 Å². The molecule has 1 rings (SSSR count). The second kappa shape index (κ2) is 6.62. The number of hydrogen-bond donors (Lipinski definition) is 1. The molecule has 0 spiro atoms. The lowest BCUT2D eigenvalue weighted by Gasteiger charge is -2.13. The summed E-state index contributed by atoms with van der Waals surface area (Å²) in [5, 5.41) is 2.87. The molecule has 0 saturated carbocycles. The van der Waals surface area contributed by atoms with Crippen molar-refractivity contribution in [3.05, 3.63) is 32.7 Å². The lowest BCUT2D eigenvalue weighted by Crippen LogP contribution is -2.35. The fourth-order valence-electron chi connectivity index (χ4n) is 1.20. The molecular weight excluding hydrogens is 357 g/mol. The van der Waals surface area contributed by atoms with Crippen molar-refractivity contribution >= 4 is 49.4 Å². The van der Waals surface area contributed by atoms with Crippen molar-refractivity contribution in [1.29, 1.82) is 0 Å². The quantitative estimate of drug-likeness (QED) is 0.800. The van der Waals surface area contributed by atoms with Gasteiger partial charge in [0.1, 0.15) is 0 Å². The van der Waals surface area contributed by atoms with E-state index < -0.39 is 0 Å². The minimum absolute atomic E-state index is 0.0203. The minimum atomic E-state index is -0.102. The lowest BCUT2D eigenvalue weighted by molar-refractivity contribution is 0.0939. The predicted octanol–water partition coefficient (Wildman–Crippen LogP) is 3.96. The van der Waals surface area contributed by atoms with Crippen molar-refractivity contribution < 1.29 is 4.79 Å². The molecule has 1 amide bonds. The number of carbonyl (C=O) groups is 1. The van der Waals surface area contributed by atoms with E-state index >= 15 is 0 Å². The van der Waals surface area contributed by atoms with Crippen LogP contribution in [0.2, 0.25) is 0 Å². The average Bonchev–Trinajstić information content (AvgIpc) is 2.24. The largest absolute Gasteiger partial charge is 0.348 e. The molecule has 16 heavy (non-hydrogen) atoms. The third-order valence-electron chi connectivity index (χ3n) is 2.14. The summed E-state index contributed by atoms with van der Waals surface area (Å²) in [4.78, 5) is 11.9. The highest BCUT2D eigenvalue weighted by Crippen LogP contribution is 2.20. The smallest absolute Gasteiger partial charge is 0.251 e. The first-order chi connectivity index (χ1) is 7.56. The van der Waals surface area contributed by atoms with Gasteiger partial charge in [-0.15, -0.1) is 11.6 Å².